The van der Waals surface area contributed by atoms with Crippen molar-refractivity contribution >= 4 is 53.3 Å². The van der Waals surface area contributed by atoms with E-state index in [4.69, 9.17) is 0 Å². The zero-order valence-electron chi connectivity index (χ0n) is 14.7. The molecule has 124 valence electrons. The number of aromatic nitrogens is 1. The van der Waals surface area contributed by atoms with Crippen LogP contribution < -0.4 is 0 Å². The average Bonchev–Trinajstić information content (AvgIpc) is 3.15. The van der Waals surface area contributed by atoms with Crippen molar-refractivity contribution < 1.29 is 0 Å². The van der Waals surface area contributed by atoms with Gasteiger partial charge in [0.05, 0.1) is 5.52 Å². The maximum Gasteiger partial charge on any atom is 0.0503 e. The van der Waals surface area contributed by atoms with Gasteiger partial charge in [0.15, 0.2) is 0 Å². The van der Waals surface area contributed by atoms with E-state index in [1.165, 1.54) is 66.8 Å². The van der Waals surface area contributed by atoms with Crippen LogP contribution in [0.2, 0.25) is 0 Å². The third kappa shape index (κ3) is 2.14. The largest absolute Gasteiger partial charge is 0.344 e. The molecular formula is C23H21NS. The molecule has 25 heavy (non-hydrogen) atoms. The zero-order chi connectivity index (χ0) is 17.0. The van der Waals surface area contributed by atoms with Gasteiger partial charge in [-0.3, -0.25) is 0 Å². The van der Waals surface area contributed by atoms with Crippen LogP contribution in [0.1, 0.15) is 25.3 Å². The summed E-state index contributed by atoms with van der Waals surface area (Å²) in [4.78, 5) is 0. The van der Waals surface area contributed by atoms with E-state index in [-0.39, 0.29) is 0 Å². The number of thiophene rings is 1. The molecule has 0 spiro atoms. The van der Waals surface area contributed by atoms with Gasteiger partial charge < -0.3 is 4.57 Å². The fraction of sp³-hybridized carbons (Fsp3) is 0.217. The lowest BCUT2D eigenvalue weighted by atomic mass is 10.0. The molecule has 0 aliphatic rings. The van der Waals surface area contributed by atoms with E-state index in [0.29, 0.717) is 0 Å². The molecule has 0 radical (unpaired) electrons. The first-order valence-electron chi connectivity index (χ1n) is 9.09. The van der Waals surface area contributed by atoms with Crippen molar-refractivity contribution in [3.63, 3.8) is 0 Å². The van der Waals surface area contributed by atoms with E-state index >= 15 is 0 Å². The first-order chi connectivity index (χ1) is 12.3. The number of hydrogen-bond acceptors (Lipinski definition) is 1. The van der Waals surface area contributed by atoms with Gasteiger partial charge in [0.1, 0.15) is 0 Å². The standard InChI is InChI=1S/C23H21NS/c1-3-4-8-15-9-7-11-17-19-13-18-16-10-5-6-12-20(16)24(2)21(18)14-22(19)25-23(15)17/h5-7,9-14H,3-4,8H2,1-2H3. The van der Waals surface area contributed by atoms with E-state index in [1.54, 1.807) is 0 Å². The monoisotopic (exact) mass is 343 g/mol. The summed E-state index contributed by atoms with van der Waals surface area (Å²) in [7, 11) is 2.18. The number of para-hydroxylation sites is 1. The molecule has 0 saturated carbocycles. The van der Waals surface area contributed by atoms with Gasteiger partial charge in [-0.05, 0) is 36.6 Å². The summed E-state index contributed by atoms with van der Waals surface area (Å²) in [6.07, 6.45) is 3.69. The van der Waals surface area contributed by atoms with Crippen molar-refractivity contribution in [3.8, 4) is 0 Å². The van der Waals surface area contributed by atoms with Crippen molar-refractivity contribution in [1.82, 2.24) is 4.57 Å². The van der Waals surface area contributed by atoms with E-state index in [2.05, 4.69) is 73.1 Å². The third-order valence-electron chi connectivity index (χ3n) is 5.41. The Balaban J connectivity index is 1.87. The average molecular weight is 343 g/mol. The second-order valence-corrected chi connectivity index (χ2v) is 7.99. The molecule has 3 aromatic carbocycles. The number of hydrogen-bond donors (Lipinski definition) is 0. The summed E-state index contributed by atoms with van der Waals surface area (Å²) in [5, 5.41) is 5.54. The molecule has 0 aliphatic carbocycles. The van der Waals surface area contributed by atoms with E-state index in [9.17, 15) is 0 Å². The Hall–Kier alpha value is -2.32. The highest BCUT2D eigenvalue weighted by molar-refractivity contribution is 7.26. The molecule has 0 saturated heterocycles. The highest BCUT2D eigenvalue weighted by Crippen LogP contribution is 2.40. The number of fused-ring (bicyclic) bond motifs is 6. The molecule has 5 rings (SSSR count). The molecule has 0 unspecified atom stereocenters. The van der Waals surface area contributed by atoms with Crippen LogP contribution in [0.15, 0.2) is 54.6 Å². The van der Waals surface area contributed by atoms with Gasteiger partial charge in [-0.15, -0.1) is 11.3 Å². The second-order valence-electron chi connectivity index (χ2n) is 6.94. The highest BCUT2D eigenvalue weighted by Gasteiger charge is 2.13. The van der Waals surface area contributed by atoms with Gasteiger partial charge in [-0.2, -0.15) is 0 Å². The van der Waals surface area contributed by atoms with Crippen LogP contribution in [0, 0.1) is 0 Å². The van der Waals surface area contributed by atoms with Crippen LogP contribution in [0.3, 0.4) is 0 Å². The Morgan fingerprint density at radius 3 is 2.56 bits per heavy atom. The quantitative estimate of drug-likeness (QED) is 0.331. The van der Waals surface area contributed by atoms with Crippen LogP contribution in [0.5, 0.6) is 0 Å². The highest BCUT2D eigenvalue weighted by atomic mass is 32.1. The summed E-state index contributed by atoms with van der Waals surface area (Å²) in [5.74, 6) is 0. The van der Waals surface area contributed by atoms with Crippen LogP contribution in [0.4, 0.5) is 0 Å². The first-order valence-corrected chi connectivity index (χ1v) is 9.91. The molecule has 1 nitrogen and oxygen atoms in total. The number of unbranched alkanes of at least 4 members (excludes halogenated alkanes) is 1. The van der Waals surface area contributed by atoms with Crippen molar-refractivity contribution in [2.45, 2.75) is 26.2 Å². The van der Waals surface area contributed by atoms with Gasteiger partial charge >= 0.3 is 0 Å². The third-order valence-corrected chi connectivity index (χ3v) is 6.66. The summed E-state index contributed by atoms with van der Waals surface area (Å²) < 4.78 is 5.20. The molecule has 2 heterocycles. The number of aryl methyl sites for hydroxylation is 2. The molecule has 0 bridgehead atoms. The topological polar surface area (TPSA) is 4.93 Å². The van der Waals surface area contributed by atoms with Crippen LogP contribution in [0.25, 0.3) is 42.0 Å². The fourth-order valence-corrected chi connectivity index (χ4v) is 5.33. The first kappa shape index (κ1) is 15.0. The molecule has 0 aliphatic heterocycles. The zero-order valence-corrected chi connectivity index (χ0v) is 15.5. The SMILES string of the molecule is CCCCc1cccc2c1sc1cc3c(cc12)c1ccccc1n3C. The summed E-state index contributed by atoms with van der Waals surface area (Å²) in [5.41, 5.74) is 4.15. The van der Waals surface area contributed by atoms with Gasteiger partial charge in [0, 0.05) is 43.5 Å². The van der Waals surface area contributed by atoms with Gasteiger partial charge in [0.2, 0.25) is 0 Å². The van der Waals surface area contributed by atoms with Crippen LogP contribution in [-0.4, -0.2) is 4.57 Å². The van der Waals surface area contributed by atoms with E-state index in [1.807, 2.05) is 11.3 Å². The maximum atomic E-state index is 2.41. The number of rotatable bonds is 3. The number of nitrogens with zero attached hydrogens (tertiary/aromatic N) is 1. The smallest absolute Gasteiger partial charge is 0.0503 e. The van der Waals surface area contributed by atoms with Crippen LogP contribution in [-0.2, 0) is 13.5 Å². The lowest BCUT2D eigenvalue weighted by molar-refractivity contribution is 0.799. The number of benzene rings is 3. The van der Waals surface area contributed by atoms with E-state index in [0.717, 1.165) is 0 Å². The Labute approximate surface area is 151 Å². The lowest BCUT2D eigenvalue weighted by Crippen LogP contribution is -1.85. The summed E-state index contributed by atoms with van der Waals surface area (Å²) in [6.45, 7) is 2.27. The minimum atomic E-state index is 1.18. The van der Waals surface area contributed by atoms with Crippen molar-refractivity contribution in [1.29, 1.82) is 0 Å². The van der Waals surface area contributed by atoms with Crippen molar-refractivity contribution in [3.05, 3.63) is 60.2 Å². The molecule has 0 atom stereocenters. The molecule has 0 amide bonds. The molecule has 5 aromatic rings. The minimum Gasteiger partial charge on any atom is -0.344 e. The van der Waals surface area contributed by atoms with Crippen LogP contribution >= 0.6 is 11.3 Å². The predicted octanol–water partition coefficient (Wildman–Crippen LogP) is 7.04. The molecular weight excluding hydrogens is 322 g/mol. The van der Waals surface area contributed by atoms with Gasteiger partial charge in [-0.1, -0.05) is 49.7 Å². The Morgan fingerprint density at radius 1 is 0.840 bits per heavy atom. The normalized spacial score (nSPS) is 12.1. The maximum absolute atomic E-state index is 2.41. The Morgan fingerprint density at radius 2 is 1.68 bits per heavy atom. The van der Waals surface area contributed by atoms with Gasteiger partial charge in [0.25, 0.3) is 0 Å². The molecule has 2 heteroatoms. The van der Waals surface area contributed by atoms with Crippen molar-refractivity contribution in [2.75, 3.05) is 0 Å². The summed E-state index contributed by atoms with van der Waals surface area (Å²) >= 11 is 1.96. The Bertz CT molecular complexity index is 1240. The lowest BCUT2D eigenvalue weighted by Gasteiger charge is -2.01. The van der Waals surface area contributed by atoms with Gasteiger partial charge in [-0.25, -0.2) is 0 Å². The minimum absolute atomic E-state index is 1.18. The van der Waals surface area contributed by atoms with E-state index < -0.39 is 0 Å². The molecule has 0 fully saturated rings. The molecule has 0 N–H and O–H groups in total. The predicted molar refractivity (Wildman–Crippen MR) is 112 cm³/mol. The molecule has 2 aromatic heterocycles. The van der Waals surface area contributed by atoms with Crippen molar-refractivity contribution in [2.24, 2.45) is 7.05 Å². The Kier molecular flexibility index (Phi) is 3.36. The fourth-order valence-electron chi connectivity index (χ4n) is 4.07. The second kappa shape index (κ2) is 5.60. The summed E-state index contributed by atoms with van der Waals surface area (Å²) in [6, 6.07) is 20.3.